The molecule has 1 N–H and O–H groups in total. The third-order valence-corrected chi connectivity index (χ3v) is 7.65. The first-order valence-corrected chi connectivity index (χ1v) is 13.9. The molecule has 2 heterocycles. The number of pyridine rings is 1. The van der Waals surface area contributed by atoms with E-state index in [2.05, 4.69) is 9.97 Å². The van der Waals surface area contributed by atoms with Gasteiger partial charge in [-0.25, -0.2) is 14.2 Å². The fourth-order valence-corrected chi connectivity index (χ4v) is 5.47. The second-order valence-electron chi connectivity index (χ2n) is 9.28. The van der Waals surface area contributed by atoms with Crippen LogP contribution in [0.3, 0.4) is 0 Å². The van der Waals surface area contributed by atoms with Crippen molar-refractivity contribution in [1.82, 2.24) is 19.4 Å². The molecule has 10 nitrogen and oxygen atoms in total. The number of aromatic nitrogens is 3. The van der Waals surface area contributed by atoms with Crippen molar-refractivity contribution >= 4 is 34.2 Å². The first kappa shape index (κ1) is 30.7. The number of fused-ring (bicyclic) bond motifs is 1. The number of alkyl halides is 3. The van der Waals surface area contributed by atoms with Gasteiger partial charge in [0.1, 0.15) is 11.5 Å². The van der Waals surface area contributed by atoms with E-state index in [9.17, 15) is 32.4 Å². The Morgan fingerprint density at radius 1 is 1.17 bits per heavy atom. The van der Waals surface area contributed by atoms with E-state index in [1.165, 1.54) is 54.9 Å². The molecular formula is C28H27F3N4O6S. The number of likely N-dealkylation sites (N-methyl/N-ethyl adjacent to an activating group) is 1. The van der Waals surface area contributed by atoms with Gasteiger partial charge in [-0.1, -0.05) is 12.1 Å². The maximum atomic E-state index is 13.7. The normalized spacial score (nSPS) is 12.3. The number of methoxy groups -OCH3 is 1. The van der Waals surface area contributed by atoms with Gasteiger partial charge in [0.15, 0.2) is 12.4 Å². The number of para-hydroxylation sites is 2. The van der Waals surface area contributed by atoms with E-state index in [1.54, 1.807) is 30.3 Å². The Morgan fingerprint density at radius 3 is 2.60 bits per heavy atom. The molecule has 0 unspecified atom stereocenters. The van der Waals surface area contributed by atoms with Gasteiger partial charge in [0.25, 0.3) is 0 Å². The van der Waals surface area contributed by atoms with Crippen LogP contribution in [0.5, 0.6) is 11.5 Å². The van der Waals surface area contributed by atoms with E-state index in [0.29, 0.717) is 22.3 Å². The Bertz CT molecular complexity index is 1610. The van der Waals surface area contributed by atoms with Crippen LogP contribution in [0.4, 0.5) is 18.0 Å². The van der Waals surface area contributed by atoms with Crippen molar-refractivity contribution in [2.45, 2.75) is 30.4 Å². The molecule has 1 atom stereocenters. The number of carbonyl (C=O) groups is 2. The van der Waals surface area contributed by atoms with Crippen molar-refractivity contribution in [1.29, 1.82) is 0 Å². The second kappa shape index (κ2) is 12.7. The lowest BCUT2D eigenvalue weighted by Crippen LogP contribution is -2.34. The zero-order chi connectivity index (χ0) is 30.6. The Kier molecular flexibility index (Phi) is 9.27. The average molecular weight is 605 g/mol. The summed E-state index contributed by atoms with van der Waals surface area (Å²) < 4.78 is 62.9. The Labute approximate surface area is 241 Å². The minimum atomic E-state index is -4.53. The van der Waals surface area contributed by atoms with Gasteiger partial charge >= 0.3 is 23.3 Å². The number of imidazole rings is 1. The topological polar surface area (TPSA) is 130 Å². The summed E-state index contributed by atoms with van der Waals surface area (Å²) in [6.07, 6.45) is -3.07. The van der Waals surface area contributed by atoms with Crippen molar-refractivity contribution in [3.05, 3.63) is 77.1 Å². The van der Waals surface area contributed by atoms with Crippen LogP contribution in [0.25, 0.3) is 11.0 Å². The summed E-state index contributed by atoms with van der Waals surface area (Å²) in [5, 5.41) is 9.50. The van der Waals surface area contributed by atoms with Crippen molar-refractivity contribution in [2.75, 3.05) is 27.3 Å². The van der Waals surface area contributed by atoms with Crippen LogP contribution in [0.2, 0.25) is 0 Å². The highest BCUT2D eigenvalue weighted by molar-refractivity contribution is 7.90. The van der Waals surface area contributed by atoms with Crippen LogP contribution in [0, 0.1) is 6.92 Å². The lowest BCUT2D eigenvalue weighted by molar-refractivity contribution is -0.153. The Morgan fingerprint density at radius 2 is 1.90 bits per heavy atom. The summed E-state index contributed by atoms with van der Waals surface area (Å²) in [4.78, 5) is 35.3. The molecule has 0 saturated heterocycles. The smallest absolute Gasteiger partial charge is 0.422 e. The van der Waals surface area contributed by atoms with Gasteiger partial charge < -0.3 is 24.0 Å². The quantitative estimate of drug-likeness (QED) is 0.255. The maximum Gasteiger partial charge on any atom is 0.422 e. The van der Waals surface area contributed by atoms with Gasteiger partial charge in [-0.3, -0.25) is 4.98 Å². The minimum absolute atomic E-state index is 0.0445. The summed E-state index contributed by atoms with van der Waals surface area (Å²) in [5.74, 6) is -0.922. The molecule has 4 rings (SSSR count). The van der Waals surface area contributed by atoms with Gasteiger partial charge in [0.05, 0.1) is 29.4 Å². The average Bonchev–Trinajstić information content (AvgIpc) is 3.35. The molecule has 0 aliphatic carbocycles. The van der Waals surface area contributed by atoms with E-state index in [4.69, 9.17) is 9.47 Å². The highest BCUT2D eigenvalue weighted by Crippen LogP contribution is 2.28. The van der Waals surface area contributed by atoms with Gasteiger partial charge in [0, 0.05) is 36.5 Å². The number of rotatable bonds is 10. The van der Waals surface area contributed by atoms with Crippen LogP contribution in [-0.4, -0.2) is 74.6 Å². The van der Waals surface area contributed by atoms with E-state index < -0.39 is 36.0 Å². The predicted molar refractivity (Wildman–Crippen MR) is 147 cm³/mol. The van der Waals surface area contributed by atoms with Crippen LogP contribution in [-0.2, 0) is 23.3 Å². The fourth-order valence-electron chi connectivity index (χ4n) is 4.22. The molecule has 0 bridgehead atoms. The molecule has 0 spiro atoms. The molecule has 0 fully saturated rings. The van der Waals surface area contributed by atoms with Crippen LogP contribution in [0.15, 0.2) is 59.9 Å². The van der Waals surface area contributed by atoms with E-state index in [0.717, 1.165) is 0 Å². The molecule has 2 aromatic heterocycles. The molecule has 14 heteroatoms. The molecule has 0 aliphatic rings. The summed E-state index contributed by atoms with van der Waals surface area (Å²) in [7, 11) is 2.99. The minimum Gasteiger partial charge on any atom is -0.609 e. The van der Waals surface area contributed by atoms with Crippen LogP contribution in [0.1, 0.15) is 27.2 Å². The molecule has 1 amide bonds. The van der Waals surface area contributed by atoms with Gasteiger partial charge in [-0.05, 0) is 55.3 Å². The number of carboxylic acid groups (broad SMARTS) is 1. The number of carbonyl (C=O) groups excluding carboxylic acids is 1. The van der Waals surface area contributed by atoms with Crippen molar-refractivity contribution in [3.63, 3.8) is 0 Å². The number of amides is 1. The van der Waals surface area contributed by atoms with E-state index in [1.807, 2.05) is 0 Å². The Hall–Kier alpha value is -4.30. The number of hydrogen-bond donors (Lipinski definition) is 1. The molecule has 0 aliphatic heterocycles. The zero-order valence-corrected chi connectivity index (χ0v) is 23.7. The maximum absolute atomic E-state index is 13.7. The molecule has 42 heavy (non-hydrogen) atoms. The second-order valence-corrected chi connectivity index (χ2v) is 10.6. The zero-order valence-electron chi connectivity index (χ0n) is 22.8. The highest BCUT2D eigenvalue weighted by atomic mass is 32.2. The molecule has 0 radical (unpaired) electrons. The monoisotopic (exact) mass is 604 g/mol. The Balaban J connectivity index is 1.60. The van der Waals surface area contributed by atoms with Gasteiger partial charge in [0.2, 0.25) is 0 Å². The number of nitrogens with zero attached hydrogens (tertiary/aromatic N) is 4. The molecule has 0 saturated carbocycles. The van der Waals surface area contributed by atoms with Crippen molar-refractivity contribution in [3.8, 4) is 11.5 Å². The van der Waals surface area contributed by atoms with Gasteiger partial charge in [-0.15, -0.1) is 0 Å². The molecule has 4 aromatic rings. The summed E-state index contributed by atoms with van der Waals surface area (Å²) in [6, 6.07) is 12.0. The lowest BCUT2D eigenvalue weighted by atomic mass is 10.0. The highest BCUT2D eigenvalue weighted by Gasteiger charge is 2.31. The first-order chi connectivity index (χ1) is 19.9. The van der Waals surface area contributed by atoms with Crippen molar-refractivity contribution in [2.24, 2.45) is 0 Å². The number of ether oxygens (including phenoxy) is 2. The lowest BCUT2D eigenvalue weighted by Gasteiger charge is -2.20. The number of carboxylic acids is 1. The third kappa shape index (κ3) is 6.94. The number of hydrogen-bond acceptors (Lipinski definition) is 7. The standard InChI is InChI=1S/C28H27F3N4O6S/c1-17-22(32-12-10-24(17)41-16-28(29,30)31)15-42(39)26-33-21-6-4-5-7-23(21)35(26)27(38)34(2)13-11-18-14-19(40-3)8-9-20(18)25(36)37/h4-10,12,14H,11,13,15-16H2,1-3H3,(H,36,37)/t42-/m1/s1. The number of benzene rings is 2. The fraction of sp³-hybridized carbons (Fsp3) is 0.286. The number of aromatic carboxylic acids is 1. The van der Waals surface area contributed by atoms with Crippen LogP contribution >= 0.6 is 0 Å². The molecular weight excluding hydrogens is 577 g/mol. The van der Waals surface area contributed by atoms with E-state index >= 15 is 0 Å². The molecule has 222 valence electrons. The summed E-state index contributed by atoms with van der Waals surface area (Å²) >= 11 is -1.94. The van der Waals surface area contributed by atoms with E-state index in [-0.39, 0.29) is 46.4 Å². The predicted octanol–water partition coefficient (Wildman–Crippen LogP) is 4.84. The van der Waals surface area contributed by atoms with Gasteiger partial charge in [-0.2, -0.15) is 18.2 Å². The third-order valence-electron chi connectivity index (χ3n) is 6.43. The molecule has 2 aromatic carbocycles. The number of halogens is 3. The SMILES string of the molecule is COc1ccc(C(=O)O)c(CCN(C)C(=O)n2c([S@+]([O-])Cc3nccc(OCC(F)(F)F)c3C)nc3ccccc32)c1. The largest absolute Gasteiger partial charge is 0.609 e. The summed E-state index contributed by atoms with van der Waals surface area (Å²) in [6.45, 7) is 0.141. The van der Waals surface area contributed by atoms with Crippen molar-refractivity contribution < 1.29 is 41.9 Å². The first-order valence-electron chi connectivity index (χ1n) is 12.5. The van der Waals surface area contributed by atoms with Crippen LogP contribution < -0.4 is 9.47 Å². The summed E-state index contributed by atoms with van der Waals surface area (Å²) in [5.41, 5.74) is 1.87.